The van der Waals surface area contributed by atoms with Crippen molar-refractivity contribution in [2.75, 3.05) is 13.2 Å². The monoisotopic (exact) mass is 214 g/mol. The van der Waals surface area contributed by atoms with E-state index in [0.717, 1.165) is 12.8 Å². The van der Waals surface area contributed by atoms with E-state index in [1.165, 1.54) is 0 Å². The van der Waals surface area contributed by atoms with Crippen LogP contribution in [0.2, 0.25) is 0 Å². The van der Waals surface area contributed by atoms with E-state index in [9.17, 15) is 4.79 Å². The standard InChI is InChI=1S/C11H22N2O2/c1-4-15-8(2)7-13-10(14)11(3,12)9-5-6-9/h8-9H,4-7,12H2,1-3H3,(H,13,14). The molecule has 1 saturated carbocycles. The summed E-state index contributed by atoms with van der Waals surface area (Å²) < 4.78 is 5.33. The van der Waals surface area contributed by atoms with Crippen LogP contribution in [-0.4, -0.2) is 30.7 Å². The van der Waals surface area contributed by atoms with Gasteiger partial charge in [0.1, 0.15) is 0 Å². The van der Waals surface area contributed by atoms with Gasteiger partial charge in [-0.3, -0.25) is 4.79 Å². The fraction of sp³-hybridized carbons (Fsp3) is 0.909. The molecule has 2 unspecified atom stereocenters. The average Bonchev–Trinajstić information content (AvgIpc) is 2.97. The van der Waals surface area contributed by atoms with Crippen molar-refractivity contribution in [3.05, 3.63) is 0 Å². The molecule has 0 aromatic rings. The van der Waals surface area contributed by atoms with Crippen LogP contribution < -0.4 is 11.1 Å². The molecule has 0 saturated heterocycles. The number of nitrogens with one attached hydrogen (secondary N) is 1. The molecule has 1 aliphatic rings. The van der Waals surface area contributed by atoms with Crippen LogP contribution >= 0.6 is 0 Å². The zero-order valence-electron chi connectivity index (χ0n) is 9.88. The van der Waals surface area contributed by atoms with Gasteiger partial charge < -0.3 is 15.8 Å². The predicted octanol–water partition coefficient (Wildman–Crippen LogP) is 0.655. The third-order valence-electron chi connectivity index (χ3n) is 2.92. The molecule has 1 fully saturated rings. The Labute approximate surface area is 91.5 Å². The van der Waals surface area contributed by atoms with Crippen molar-refractivity contribution in [3.63, 3.8) is 0 Å². The highest BCUT2D eigenvalue weighted by atomic mass is 16.5. The van der Waals surface area contributed by atoms with Crippen LogP contribution in [0, 0.1) is 5.92 Å². The number of carbonyl (C=O) groups excluding carboxylic acids is 1. The van der Waals surface area contributed by atoms with Crippen molar-refractivity contribution in [2.24, 2.45) is 11.7 Å². The maximum atomic E-state index is 11.8. The summed E-state index contributed by atoms with van der Waals surface area (Å²) in [6.45, 7) is 6.89. The van der Waals surface area contributed by atoms with E-state index in [1.54, 1.807) is 0 Å². The summed E-state index contributed by atoms with van der Waals surface area (Å²) in [6.07, 6.45) is 2.19. The van der Waals surface area contributed by atoms with Crippen LogP contribution in [0.3, 0.4) is 0 Å². The Bertz CT molecular complexity index is 225. The quantitative estimate of drug-likeness (QED) is 0.682. The second-order valence-electron chi connectivity index (χ2n) is 4.53. The topological polar surface area (TPSA) is 64.3 Å². The Morgan fingerprint density at radius 1 is 1.67 bits per heavy atom. The SMILES string of the molecule is CCOC(C)CNC(=O)C(C)(N)C1CC1. The fourth-order valence-electron chi connectivity index (χ4n) is 1.64. The molecule has 15 heavy (non-hydrogen) atoms. The summed E-state index contributed by atoms with van der Waals surface area (Å²) in [4.78, 5) is 11.8. The van der Waals surface area contributed by atoms with Crippen molar-refractivity contribution in [3.8, 4) is 0 Å². The number of amides is 1. The van der Waals surface area contributed by atoms with Crippen molar-refractivity contribution in [2.45, 2.75) is 45.3 Å². The highest BCUT2D eigenvalue weighted by molar-refractivity contribution is 5.86. The minimum absolute atomic E-state index is 0.0500. The first-order valence-electron chi connectivity index (χ1n) is 5.67. The Morgan fingerprint density at radius 2 is 2.27 bits per heavy atom. The molecular weight excluding hydrogens is 192 g/mol. The first-order valence-corrected chi connectivity index (χ1v) is 5.67. The van der Waals surface area contributed by atoms with E-state index in [4.69, 9.17) is 10.5 Å². The molecule has 0 aromatic heterocycles. The van der Waals surface area contributed by atoms with Gasteiger partial charge in [-0.2, -0.15) is 0 Å². The molecule has 3 N–H and O–H groups in total. The molecule has 0 spiro atoms. The van der Waals surface area contributed by atoms with E-state index in [1.807, 2.05) is 20.8 Å². The van der Waals surface area contributed by atoms with E-state index in [-0.39, 0.29) is 12.0 Å². The van der Waals surface area contributed by atoms with Gasteiger partial charge in [-0.25, -0.2) is 0 Å². The number of nitrogens with two attached hydrogens (primary N) is 1. The number of carbonyl (C=O) groups is 1. The largest absolute Gasteiger partial charge is 0.377 e. The molecule has 1 aliphatic carbocycles. The molecule has 88 valence electrons. The summed E-state index contributed by atoms with van der Waals surface area (Å²) in [5, 5.41) is 2.84. The fourth-order valence-corrected chi connectivity index (χ4v) is 1.64. The smallest absolute Gasteiger partial charge is 0.240 e. The summed E-state index contributed by atoms with van der Waals surface area (Å²) in [5.74, 6) is 0.302. The summed E-state index contributed by atoms with van der Waals surface area (Å²) in [7, 11) is 0. The molecule has 0 bridgehead atoms. The third kappa shape index (κ3) is 3.47. The number of ether oxygens (including phenoxy) is 1. The average molecular weight is 214 g/mol. The second-order valence-corrected chi connectivity index (χ2v) is 4.53. The predicted molar refractivity (Wildman–Crippen MR) is 59.4 cm³/mol. The lowest BCUT2D eigenvalue weighted by Gasteiger charge is -2.24. The van der Waals surface area contributed by atoms with Gasteiger partial charge >= 0.3 is 0 Å². The highest BCUT2D eigenvalue weighted by Gasteiger charge is 2.43. The normalized spacial score (nSPS) is 21.9. The Morgan fingerprint density at radius 3 is 2.73 bits per heavy atom. The van der Waals surface area contributed by atoms with E-state index >= 15 is 0 Å². The van der Waals surface area contributed by atoms with Crippen LogP contribution in [0.4, 0.5) is 0 Å². The maximum Gasteiger partial charge on any atom is 0.240 e. The first kappa shape index (κ1) is 12.5. The Hall–Kier alpha value is -0.610. The molecular formula is C11H22N2O2. The number of rotatable bonds is 6. The van der Waals surface area contributed by atoms with Gasteiger partial charge in [-0.15, -0.1) is 0 Å². The zero-order chi connectivity index (χ0) is 11.5. The molecule has 2 atom stereocenters. The van der Waals surface area contributed by atoms with E-state index in [0.29, 0.717) is 19.1 Å². The van der Waals surface area contributed by atoms with Gasteiger partial charge in [0.2, 0.25) is 5.91 Å². The lowest BCUT2D eigenvalue weighted by atomic mass is 9.96. The minimum atomic E-state index is -0.702. The molecule has 4 heteroatoms. The lowest BCUT2D eigenvalue weighted by Crippen LogP contribution is -2.54. The van der Waals surface area contributed by atoms with Crippen LogP contribution in [0.25, 0.3) is 0 Å². The number of hydrogen-bond donors (Lipinski definition) is 2. The lowest BCUT2D eigenvalue weighted by molar-refractivity contribution is -0.127. The van der Waals surface area contributed by atoms with E-state index in [2.05, 4.69) is 5.32 Å². The van der Waals surface area contributed by atoms with Crippen LogP contribution in [0.15, 0.2) is 0 Å². The molecule has 0 radical (unpaired) electrons. The maximum absolute atomic E-state index is 11.8. The molecule has 0 heterocycles. The number of hydrogen-bond acceptors (Lipinski definition) is 3. The van der Waals surface area contributed by atoms with Crippen molar-refractivity contribution in [1.29, 1.82) is 0 Å². The Balaban J connectivity index is 2.28. The van der Waals surface area contributed by atoms with Crippen molar-refractivity contribution < 1.29 is 9.53 Å². The van der Waals surface area contributed by atoms with Gasteiger partial charge in [0.05, 0.1) is 11.6 Å². The molecule has 1 amide bonds. The molecule has 4 nitrogen and oxygen atoms in total. The Kier molecular flexibility index (Phi) is 4.11. The molecule has 1 rings (SSSR count). The van der Waals surface area contributed by atoms with Gasteiger partial charge in [0, 0.05) is 13.2 Å². The van der Waals surface area contributed by atoms with Crippen molar-refractivity contribution in [1.82, 2.24) is 5.32 Å². The first-order chi connectivity index (χ1) is 6.98. The summed E-state index contributed by atoms with van der Waals surface area (Å²) in [6, 6.07) is 0. The summed E-state index contributed by atoms with van der Waals surface area (Å²) in [5.41, 5.74) is 5.27. The molecule has 0 aromatic carbocycles. The van der Waals surface area contributed by atoms with Crippen LogP contribution in [-0.2, 0) is 9.53 Å². The van der Waals surface area contributed by atoms with Crippen LogP contribution in [0.5, 0.6) is 0 Å². The summed E-state index contributed by atoms with van der Waals surface area (Å²) >= 11 is 0. The van der Waals surface area contributed by atoms with Crippen LogP contribution in [0.1, 0.15) is 33.6 Å². The highest BCUT2D eigenvalue weighted by Crippen LogP contribution is 2.38. The molecule has 0 aliphatic heterocycles. The second kappa shape index (κ2) is 4.94. The minimum Gasteiger partial charge on any atom is -0.377 e. The van der Waals surface area contributed by atoms with Gasteiger partial charge in [0.15, 0.2) is 0 Å². The van der Waals surface area contributed by atoms with Gasteiger partial charge in [-0.1, -0.05) is 0 Å². The van der Waals surface area contributed by atoms with Gasteiger partial charge in [0.25, 0.3) is 0 Å². The zero-order valence-corrected chi connectivity index (χ0v) is 9.88. The van der Waals surface area contributed by atoms with Gasteiger partial charge in [-0.05, 0) is 39.5 Å². The van der Waals surface area contributed by atoms with Crippen molar-refractivity contribution >= 4 is 5.91 Å². The van der Waals surface area contributed by atoms with E-state index < -0.39 is 5.54 Å². The third-order valence-corrected chi connectivity index (χ3v) is 2.92.